The summed E-state index contributed by atoms with van der Waals surface area (Å²) in [4.78, 5) is 0. The zero-order chi connectivity index (χ0) is 42.8. The topological polar surface area (TPSA) is 18.5 Å². The third-order valence-corrected chi connectivity index (χ3v) is 20.0. The van der Waals surface area contributed by atoms with Gasteiger partial charge in [0, 0.05) is 22.3 Å². The minimum Gasteiger partial charge on any atom is -0.496 e. The molecule has 4 atom stereocenters. The lowest BCUT2D eigenvalue weighted by Gasteiger charge is -2.43. The van der Waals surface area contributed by atoms with Crippen LogP contribution in [0, 0.1) is 23.7 Å². The monoisotopic (exact) mass is 809 g/mol. The van der Waals surface area contributed by atoms with Gasteiger partial charge in [0.05, 0.1) is 22.3 Å². The first kappa shape index (κ1) is 42.4. The Kier molecular flexibility index (Phi) is 10.3. The normalized spacial score (nSPS) is 22.4. The standard InChI is InChI=1S/C56H76O2Si/c1-53(2,3)45-27-35(28-46(49(45)57-13)54(4,5)6)37-19-17-21-39-43(37)31-41(33-23-24-33)51(39)59(15,16)52-40-22-18-20-38(44(40)32-42(52)34-25-26-34)36-29-47(55(7,8)9)50(58-14)48(30-36)56(10,11)12/h17-22,27-30,33-34,41-42,51-52H,23-26,31-32H2,1-16H3. The van der Waals surface area contributed by atoms with Crippen molar-refractivity contribution < 1.29 is 9.47 Å². The molecule has 2 fully saturated rings. The third-order valence-electron chi connectivity index (χ3n) is 15.3. The Morgan fingerprint density at radius 2 is 0.780 bits per heavy atom. The maximum atomic E-state index is 6.24. The van der Waals surface area contributed by atoms with Crippen molar-refractivity contribution >= 4 is 8.07 Å². The molecule has 0 saturated heterocycles. The quantitative estimate of drug-likeness (QED) is 0.165. The summed E-state index contributed by atoms with van der Waals surface area (Å²) in [6.07, 6.45) is 8.07. The molecule has 8 rings (SSSR count). The molecular formula is C56H76O2Si. The fourth-order valence-corrected chi connectivity index (χ4v) is 17.7. The van der Waals surface area contributed by atoms with E-state index in [9.17, 15) is 0 Å². The highest BCUT2D eigenvalue weighted by Crippen LogP contribution is 2.63. The van der Waals surface area contributed by atoms with Crippen LogP contribution in [0.1, 0.15) is 164 Å². The molecule has 0 aliphatic heterocycles. The summed E-state index contributed by atoms with van der Waals surface area (Å²) in [6, 6.07) is 24.8. The Morgan fingerprint density at radius 3 is 1.03 bits per heavy atom. The summed E-state index contributed by atoms with van der Waals surface area (Å²) < 4.78 is 12.5. The summed E-state index contributed by atoms with van der Waals surface area (Å²) in [7, 11) is 1.73. The van der Waals surface area contributed by atoms with Crippen molar-refractivity contribution in [2.45, 2.75) is 167 Å². The lowest BCUT2D eigenvalue weighted by molar-refractivity contribution is 0.381. The number of hydrogen-bond donors (Lipinski definition) is 0. The number of ether oxygens (including phenoxy) is 2. The molecule has 4 aromatic carbocycles. The molecule has 4 unspecified atom stereocenters. The van der Waals surface area contributed by atoms with E-state index in [1.165, 1.54) is 83.0 Å². The second-order valence-electron chi connectivity index (χ2n) is 24.1. The fraction of sp³-hybridized carbons (Fsp3) is 0.571. The molecule has 59 heavy (non-hydrogen) atoms. The molecule has 0 amide bonds. The van der Waals surface area contributed by atoms with Crippen LogP contribution in [-0.2, 0) is 34.5 Å². The summed E-state index contributed by atoms with van der Waals surface area (Å²) >= 11 is 0. The molecule has 0 heterocycles. The molecule has 0 aromatic heterocycles. The van der Waals surface area contributed by atoms with Gasteiger partial charge < -0.3 is 9.47 Å². The molecule has 2 nitrogen and oxygen atoms in total. The first-order valence-corrected chi connectivity index (χ1v) is 26.3. The van der Waals surface area contributed by atoms with Gasteiger partial charge in [0.15, 0.2) is 0 Å². The largest absolute Gasteiger partial charge is 0.496 e. The Morgan fingerprint density at radius 1 is 0.475 bits per heavy atom. The van der Waals surface area contributed by atoms with Gasteiger partial charge in [-0.15, -0.1) is 0 Å². The summed E-state index contributed by atoms with van der Waals surface area (Å²) in [5.41, 5.74) is 18.8. The van der Waals surface area contributed by atoms with Gasteiger partial charge in [-0.25, -0.2) is 0 Å². The zero-order valence-corrected chi connectivity index (χ0v) is 40.8. The highest BCUT2D eigenvalue weighted by molar-refractivity contribution is 6.80. The third kappa shape index (κ3) is 7.46. The van der Waals surface area contributed by atoms with Gasteiger partial charge in [-0.1, -0.05) is 133 Å². The van der Waals surface area contributed by atoms with Crippen molar-refractivity contribution in [3.8, 4) is 33.8 Å². The van der Waals surface area contributed by atoms with Gasteiger partial charge >= 0.3 is 0 Å². The molecule has 0 bridgehead atoms. The van der Waals surface area contributed by atoms with E-state index in [-0.39, 0.29) is 21.7 Å². The van der Waals surface area contributed by atoms with E-state index in [1.54, 1.807) is 22.3 Å². The Labute approximate surface area is 360 Å². The van der Waals surface area contributed by atoms with E-state index < -0.39 is 8.07 Å². The van der Waals surface area contributed by atoms with Crippen molar-refractivity contribution in [3.63, 3.8) is 0 Å². The number of benzene rings is 4. The molecule has 0 spiro atoms. The summed E-state index contributed by atoms with van der Waals surface area (Å²) in [5, 5.41) is 0. The van der Waals surface area contributed by atoms with Gasteiger partial charge in [-0.3, -0.25) is 0 Å². The summed E-state index contributed by atoms with van der Waals surface area (Å²) in [6.45, 7) is 33.7. The Balaban J connectivity index is 1.28. The molecule has 4 aliphatic carbocycles. The van der Waals surface area contributed by atoms with Crippen molar-refractivity contribution in [1.29, 1.82) is 0 Å². The van der Waals surface area contributed by atoms with Crippen LogP contribution < -0.4 is 9.47 Å². The molecule has 316 valence electrons. The highest BCUT2D eigenvalue weighted by atomic mass is 28.3. The van der Waals surface area contributed by atoms with Gasteiger partial charge in [0.25, 0.3) is 0 Å². The SMILES string of the molecule is COc1c(C(C)(C)C)cc(-c2cccc3c2CC(C2CC2)C3[Si](C)(C)C2c3cccc(-c4cc(C(C)(C)C)c(OC)c(C(C)(C)C)c4)c3CC2C2CC2)cc1C(C)(C)C. The first-order valence-electron chi connectivity index (χ1n) is 23.2. The number of rotatable bonds is 8. The van der Waals surface area contributed by atoms with Gasteiger partial charge in [-0.05, 0) is 164 Å². The van der Waals surface area contributed by atoms with E-state index >= 15 is 0 Å². The second kappa shape index (κ2) is 14.4. The van der Waals surface area contributed by atoms with Gasteiger partial charge in [0.1, 0.15) is 11.5 Å². The average Bonchev–Trinajstić information content (AvgIpc) is 4.09. The van der Waals surface area contributed by atoms with Crippen molar-refractivity contribution in [2.24, 2.45) is 23.7 Å². The van der Waals surface area contributed by atoms with Crippen LogP contribution in [-0.4, -0.2) is 22.3 Å². The predicted octanol–water partition coefficient (Wildman–Crippen LogP) is 15.0. The van der Waals surface area contributed by atoms with Gasteiger partial charge in [0.2, 0.25) is 0 Å². The van der Waals surface area contributed by atoms with Crippen molar-refractivity contribution in [1.82, 2.24) is 0 Å². The van der Waals surface area contributed by atoms with E-state index in [2.05, 4.69) is 157 Å². The zero-order valence-electron chi connectivity index (χ0n) is 39.8. The number of fused-ring (bicyclic) bond motifs is 2. The fourth-order valence-electron chi connectivity index (χ4n) is 12.2. The highest BCUT2D eigenvalue weighted by Gasteiger charge is 2.57. The maximum Gasteiger partial charge on any atom is 0.126 e. The van der Waals surface area contributed by atoms with Crippen LogP contribution in [0.4, 0.5) is 0 Å². The molecule has 0 N–H and O–H groups in total. The van der Waals surface area contributed by atoms with Crippen molar-refractivity contribution in [2.75, 3.05) is 14.2 Å². The Bertz CT molecular complexity index is 2030. The Hall–Kier alpha value is -3.30. The van der Waals surface area contributed by atoms with E-state index in [1.807, 2.05) is 14.2 Å². The second-order valence-corrected chi connectivity index (χ2v) is 29.0. The van der Waals surface area contributed by atoms with E-state index in [0.29, 0.717) is 11.1 Å². The smallest absolute Gasteiger partial charge is 0.126 e. The van der Waals surface area contributed by atoms with Crippen LogP contribution in [0.15, 0.2) is 60.7 Å². The van der Waals surface area contributed by atoms with E-state index in [0.717, 1.165) is 35.2 Å². The molecule has 3 heteroatoms. The first-order chi connectivity index (χ1) is 27.5. The van der Waals surface area contributed by atoms with Crippen LogP contribution in [0.25, 0.3) is 22.3 Å². The minimum atomic E-state index is -1.99. The molecule has 4 aromatic rings. The van der Waals surface area contributed by atoms with Crippen LogP contribution in [0.2, 0.25) is 13.1 Å². The lowest BCUT2D eigenvalue weighted by Crippen LogP contribution is -2.46. The predicted molar refractivity (Wildman–Crippen MR) is 254 cm³/mol. The van der Waals surface area contributed by atoms with E-state index in [4.69, 9.17) is 9.47 Å². The number of hydrogen-bond acceptors (Lipinski definition) is 2. The van der Waals surface area contributed by atoms with Crippen LogP contribution >= 0.6 is 0 Å². The number of methoxy groups -OCH3 is 2. The lowest BCUT2D eigenvalue weighted by atomic mass is 9.77. The average molecular weight is 809 g/mol. The van der Waals surface area contributed by atoms with Crippen molar-refractivity contribution in [3.05, 3.63) is 105 Å². The van der Waals surface area contributed by atoms with Gasteiger partial charge in [-0.2, -0.15) is 0 Å². The summed E-state index contributed by atoms with van der Waals surface area (Å²) in [5.74, 6) is 5.33. The molecule has 4 aliphatic rings. The van der Waals surface area contributed by atoms with Crippen LogP contribution in [0.5, 0.6) is 11.5 Å². The van der Waals surface area contributed by atoms with Crippen LogP contribution in [0.3, 0.4) is 0 Å². The molecule has 2 saturated carbocycles. The molecular weight excluding hydrogens is 733 g/mol. The maximum absolute atomic E-state index is 6.24. The minimum absolute atomic E-state index is 0.0335. The molecule has 0 radical (unpaired) electrons.